The van der Waals surface area contributed by atoms with Crippen LogP contribution >= 0.6 is 11.8 Å². The van der Waals surface area contributed by atoms with Crippen molar-refractivity contribution < 1.29 is 14.4 Å². The van der Waals surface area contributed by atoms with E-state index < -0.39 is 6.04 Å². The molecule has 1 aliphatic rings. The molecule has 1 fully saturated rings. The monoisotopic (exact) mass is 392 g/mol. The molecule has 0 spiro atoms. The Kier molecular flexibility index (Phi) is 8.12. The number of nitrogens with zero attached hydrogens (tertiary/aromatic N) is 3. The van der Waals surface area contributed by atoms with E-state index in [1.54, 1.807) is 16.7 Å². The zero-order chi connectivity index (χ0) is 19.8. The van der Waals surface area contributed by atoms with Crippen LogP contribution in [0.1, 0.15) is 13.8 Å². The average Bonchev–Trinajstić information content (AvgIpc) is 2.65. The Hall–Kier alpha value is -2.06. The summed E-state index contributed by atoms with van der Waals surface area (Å²) in [6, 6.07) is 8.33. The molecule has 1 aromatic rings. The van der Waals surface area contributed by atoms with E-state index in [1.165, 1.54) is 18.7 Å². The zero-order valence-corrected chi connectivity index (χ0v) is 17.0. The van der Waals surface area contributed by atoms with Gasteiger partial charge >= 0.3 is 6.03 Å². The van der Waals surface area contributed by atoms with Gasteiger partial charge in [0.1, 0.15) is 6.04 Å². The molecule has 0 aromatic heterocycles. The average molecular weight is 393 g/mol. The molecule has 27 heavy (non-hydrogen) atoms. The van der Waals surface area contributed by atoms with Gasteiger partial charge in [0.25, 0.3) is 0 Å². The van der Waals surface area contributed by atoms with Crippen LogP contribution in [-0.2, 0) is 9.59 Å². The third-order valence-electron chi connectivity index (χ3n) is 4.46. The van der Waals surface area contributed by atoms with Gasteiger partial charge in [0, 0.05) is 51.1 Å². The van der Waals surface area contributed by atoms with Crippen molar-refractivity contribution in [2.45, 2.75) is 19.9 Å². The number of thioether (sulfide) groups is 1. The highest BCUT2D eigenvalue weighted by molar-refractivity contribution is 8.13. The molecule has 7 nitrogen and oxygen atoms in total. The maximum Gasteiger partial charge on any atom is 0.322 e. The van der Waals surface area contributed by atoms with E-state index in [0.29, 0.717) is 25.4 Å². The lowest BCUT2D eigenvalue weighted by molar-refractivity contribution is -0.134. The molecule has 148 valence electrons. The molecule has 1 heterocycles. The molecule has 0 aliphatic carbocycles. The largest absolute Gasteiger partial charge is 0.338 e. The first-order chi connectivity index (χ1) is 12.9. The Balaban J connectivity index is 1.99. The van der Waals surface area contributed by atoms with Crippen molar-refractivity contribution >= 4 is 34.5 Å². The van der Waals surface area contributed by atoms with Gasteiger partial charge in [-0.05, 0) is 26.1 Å². The SMILES string of the molecule is CC(=O)SCCN(C(=O)NC(C)C(=O)N1CCN(C)CC1)c1ccccc1. The van der Waals surface area contributed by atoms with Crippen molar-refractivity contribution in [1.29, 1.82) is 0 Å². The van der Waals surface area contributed by atoms with E-state index in [2.05, 4.69) is 10.2 Å². The van der Waals surface area contributed by atoms with Crippen molar-refractivity contribution in [3.63, 3.8) is 0 Å². The summed E-state index contributed by atoms with van der Waals surface area (Å²) in [5.41, 5.74) is 0.735. The number of nitrogens with one attached hydrogen (secondary N) is 1. The predicted molar refractivity (Wildman–Crippen MR) is 109 cm³/mol. The Bertz CT molecular complexity index is 648. The van der Waals surface area contributed by atoms with Gasteiger partial charge in [-0.3, -0.25) is 14.5 Å². The highest BCUT2D eigenvalue weighted by Crippen LogP contribution is 2.15. The van der Waals surface area contributed by atoms with Crippen molar-refractivity contribution in [1.82, 2.24) is 15.1 Å². The van der Waals surface area contributed by atoms with E-state index in [-0.39, 0.29) is 17.1 Å². The summed E-state index contributed by atoms with van der Waals surface area (Å²) in [5.74, 6) is 0.431. The Morgan fingerprint density at radius 1 is 1.15 bits per heavy atom. The number of benzene rings is 1. The molecule has 2 rings (SSSR count). The lowest BCUT2D eigenvalue weighted by Gasteiger charge is -2.34. The minimum absolute atomic E-state index is 0.0158. The molecular weight excluding hydrogens is 364 g/mol. The number of anilines is 1. The summed E-state index contributed by atoms with van der Waals surface area (Å²) in [5, 5.41) is 2.83. The van der Waals surface area contributed by atoms with E-state index in [1.807, 2.05) is 37.4 Å². The zero-order valence-electron chi connectivity index (χ0n) is 16.2. The van der Waals surface area contributed by atoms with Crippen LogP contribution in [0.15, 0.2) is 30.3 Å². The van der Waals surface area contributed by atoms with Gasteiger partial charge in [0.2, 0.25) is 5.91 Å². The van der Waals surface area contributed by atoms with Crippen LogP contribution in [0.25, 0.3) is 0 Å². The highest BCUT2D eigenvalue weighted by atomic mass is 32.2. The summed E-state index contributed by atoms with van der Waals surface area (Å²) in [4.78, 5) is 42.2. The first kappa shape index (κ1) is 21.2. The number of carbonyl (C=O) groups is 3. The van der Waals surface area contributed by atoms with Gasteiger partial charge < -0.3 is 15.1 Å². The maximum atomic E-state index is 12.8. The number of hydrogen-bond donors (Lipinski definition) is 1. The summed E-state index contributed by atoms with van der Waals surface area (Å²) < 4.78 is 0. The molecule has 1 N–H and O–H groups in total. The van der Waals surface area contributed by atoms with Crippen LogP contribution in [0.4, 0.5) is 10.5 Å². The predicted octanol–water partition coefficient (Wildman–Crippen LogP) is 1.64. The number of carbonyl (C=O) groups excluding carboxylic acids is 3. The number of hydrogen-bond acceptors (Lipinski definition) is 5. The summed E-state index contributed by atoms with van der Waals surface area (Å²) in [7, 11) is 2.03. The third kappa shape index (κ3) is 6.55. The first-order valence-corrected chi connectivity index (χ1v) is 10.1. The van der Waals surface area contributed by atoms with E-state index in [4.69, 9.17) is 0 Å². The lowest BCUT2D eigenvalue weighted by atomic mass is 10.2. The van der Waals surface area contributed by atoms with Crippen LogP contribution in [0, 0.1) is 0 Å². The molecule has 0 bridgehead atoms. The molecule has 8 heteroatoms. The molecule has 1 aliphatic heterocycles. The van der Waals surface area contributed by atoms with Gasteiger partial charge in [-0.25, -0.2) is 4.79 Å². The van der Waals surface area contributed by atoms with Gasteiger partial charge in [0.05, 0.1) is 0 Å². The molecule has 3 amide bonds. The van der Waals surface area contributed by atoms with Crippen LogP contribution in [0.5, 0.6) is 0 Å². The second-order valence-corrected chi connectivity index (χ2v) is 7.90. The molecule has 1 aromatic carbocycles. The fourth-order valence-electron chi connectivity index (χ4n) is 2.86. The van der Waals surface area contributed by atoms with Crippen LogP contribution in [-0.4, -0.2) is 78.4 Å². The fourth-order valence-corrected chi connectivity index (χ4v) is 3.42. The summed E-state index contributed by atoms with van der Waals surface area (Å²) >= 11 is 1.18. The third-order valence-corrected chi connectivity index (χ3v) is 5.25. The number of likely N-dealkylation sites (N-methyl/N-ethyl adjacent to an activating group) is 1. The lowest BCUT2D eigenvalue weighted by Crippen LogP contribution is -2.55. The standard InChI is InChI=1S/C19H28N4O3S/c1-15(18(25)22-11-9-21(3)10-12-22)20-19(26)23(13-14-27-16(2)24)17-7-5-4-6-8-17/h4-8,15H,9-14H2,1-3H3,(H,20,26). The minimum Gasteiger partial charge on any atom is -0.338 e. The molecule has 0 saturated carbocycles. The van der Waals surface area contributed by atoms with Gasteiger partial charge in [-0.15, -0.1) is 0 Å². The highest BCUT2D eigenvalue weighted by Gasteiger charge is 2.26. The van der Waals surface area contributed by atoms with Crippen LogP contribution < -0.4 is 10.2 Å². The van der Waals surface area contributed by atoms with Gasteiger partial charge in [0.15, 0.2) is 5.12 Å². The van der Waals surface area contributed by atoms with E-state index >= 15 is 0 Å². The Morgan fingerprint density at radius 3 is 2.37 bits per heavy atom. The van der Waals surface area contributed by atoms with Crippen LogP contribution in [0.3, 0.4) is 0 Å². The van der Waals surface area contributed by atoms with Crippen molar-refractivity contribution in [2.24, 2.45) is 0 Å². The first-order valence-electron chi connectivity index (χ1n) is 9.12. The second-order valence-electron chi connectivity index (χ2n) is 6.63. The van der Waals surface area contributed by atoms with Gasteiger partial charge in [-0.2, -0.15) is 0 Å². The number of piperazine rings is 1. The maximum absolute atomic E-state index is 12.8. The topological polar surface area (TPSA) is 73.0 Å². The number of rotatable bonds is 6. The molecule has 1 unspecified atom stereocenters. The molecule has 1 atom stereocenters. The van der Waals surface area contributed by atoms with Gasteiger partial charge in [-0.1, -0.05) is 30.0 Å². The quantitative estimate of drug-likeness (QED) is 0.797. The van der Waals surface area contributed by atoms with E-state index in [0.717, 1.165) is 18.8 Å². The number of para-hydroxylation sites is 1. The van der Waals surface area contributed by atoms with Crippen molar-refractivity contribution in [3.05, 3.63) is 30.3 Å². The number of amides is 3. The summed E-state index contributed by atoms with van der Waals surface area (Å²) in [6.45, 7) is 6.63. The van der Waals surface area contributed by atoms with Crippen molar-refractivity contribution in [2.75, 3.05) is 50.4 Å². The minimum atomic E-state index is -0.604. The number of urea groups is 1. The normalized spacial score (nSPS) is 15.9. The second kappa shape index (κ2) is 10.3. The fraction of sp³-hybridized carbons (Fsp3) is 0.526. The Morgan fingerprint density at radius 2 is 1.78 bits per heavy atom. The molecule has 1 saturated heterocycles. The summed E-state index contributed by atoms with van der Waals surface area (Å²) in [6.07, 6.45) is 0. The van der Waals surface area contributed by atoms with Crippen LogP contribution in [0.2, 0.25) is 0 Å². The molecular formula is C19H28N4O3S. The Labute approximate surface area is 165 Å². The van der Waals surface area contributed by atoms with E-state index in [9.17, 15) is 14.4 Å². The van der Waals surface area contributed by atoms with Crippen molar-refractivity contribution in [3.8, 4) is 0 Å². The smallest absolute Gasteiger partial charge is 0.322 e. The molecule has 0 radical (unpaired) electrons.